The standard InChI is InChI=1S/C22H31N7O/c1-16-26-27-20(28(16)2)15-24-22(25-18-6-3-4-7-18)23-14-17-9-11-19(12-10-17)29-13-5-8-21(29)30/h9-12,18H,3-8,13-15H2,1-2H3,(H2,23,24,25). The predicted octanol–water partition coefficient (Wildman–Crippen LogP) is 2.43. The van der Waals surface area contributed by atoms with Crippen LogP contribution < -0.4 is 15.5 Å². The molecular formula is C22H31N7O. The van der Waals surface area contributed by atoms with Crippen molar-refractivity contribution in [3.63, 3.8) is 0 Å². The summed E-state index contributed by atoms with van der Waals surface area (Å²) in [5, 5.41) is 15.3. The van der Waals surface area contributed by atoms with Gasteiger partial charge in [-0.15, -0.1) is 10.2 Å². The van der Waals surface area contributed by atoms with E-state index in [2.05, 4.69) is 33.0 Å². The fourth-order valence-electron chi connectivity index (χ4n) is 4.06. The Morgan fingerprint density at radius 1 is 1.17 bits per heavy atom. The van der Waals surface area contributed by atoms with Crippen LogP contribution in [-0.2, 0) is 24.9 Å². The SMILES string of the molecule is Cc1nnc(CNC(=NCc2ccc(N3CCCC3=O)cc2)NC2CCCC2)n1C. The quantitative estimate of drug-likeness (QED) is 0.565. The highest BCUT2D eigenvalue weighted by Crippen LogP contribution is 2.22. The fourth-order valence-corrected chi connectivity index (χ4v) is 4.06. The summed E-state index contributed by atoms with van der Waals surface area (Å²) in [5.41, 5.74) is 2.10. The Kier molecular flexibility index (Phi) is 6.30. The summed E-state index contributed by atoms with van der Waals surface area (Å²) in [7, 11) is 1.97. The molecule has 0 bridgehead atoms. The molecule has 4 rings (SSSR count). The molecule has 8 nitrogen and oxygen atoms in total. The molecule has 1 aliphatic heterocycles. The van der Waals surface area contributed by atoms with Crippen molar-refractivity contribution >= 4 is 17.6 Å². The van der Waals surface area contributed by atoms with E-state index < -0.39 is 0 Å². The van der Waals surface area contributed by atoms with Gasteiger partial charge in [0.05, 0.1) is 13.1 Å². The number of hydrogen-bond donors (Lipinski definition) is 2. The third kappa shape index (κ3) is 4.80. The van der Waals surface area contributed by atoms with Gasteiger partial charge in [-0.2, -0.15) is 0 Å². The first-order valence-corrected chi connectivity index (χ1v) is 10.9. The first kappa shape index (κ1) is 20.4. The monoisotopic (exact) mass is 409 g/mol. The number of amides is 1. The van der Waals surface area contributed by atoms with Crippen LogP contribution >= 0.6 is 0 Å². The highest BCUT2D eigenvalue weighted by molar-refractivity contribution is 5.95. The largest absolute Gasteiger partial charge is 0.354 e. The molecule has 1 amide bonds. The van der Waals surface area contributed by atoms with Crippen LogP contribution in [0.2, 0.25) is 0 Å². The number of carbonyl (C=O) groups excluding carboxylic acids is 1. The number of nitrogens with one attached hydrogen (secondary N) is 2. The number of anilines is 1. The molecule has 0 unspecified atom stereocenters. The predicted molar refractivity (Wildman–Crippen MR) is 117 cm³/mol. The highest BCUT2D eigenvalue weighted by Gasteiger charge is 2.21. The molecule has 1 aliphatic carbocycles. The first-order valence-electron chi connectivity index (χ1n) is 10.9. The van der Waals surface area contributed by atoms with Gasteiger partial charge >= 0.3 is 0 Å². The first-order chi connectivity index (χ1) is 14.6. The Labute approximate surface area is 177 Å². The Morgan fingerprint density at radius 2 is 1.93 bits per heavy atom. The zero-order valence-corrected chi connectivity index (χ0v) is 17.9. The minimum atomic E-state index is 0.215. The Hall–Kier alpha value is -2.90. The molecule has 160 valence electrons. The van der Waals surface area contributed by atoms with Crippen LogP contribution in [0, 0.1) is 6.92 Å². The second-order valence-electron chi connectivity index (χ2n) is 8.18. The second-order valence-corrected chi connectivity index (χ2v) is 8.18. The Morgan fingerprint density at radius 3 is 2.57 bits per heavy atom. The van der Waals surface area contributed by atoms with Crippen LogP contribution in [0.5, 0.6) is 0 Å². The summed E-state index contributed by atoms with van der Waals surface area (Å²) in [4.78, 5) is 18.6. The Bertz CT molecular complexity index is 897. The van der Waals surface area contributed by atoms with Crippen molar-refractivity contribution in [2.24, 2.45) is 12.0 Å². The van der Waals surface area contributed by atoms with E-state index >= 15 is 0 Å². The molecule has 2 N–H and O–H groups in total. The molecule has 2 aromatic rings. The highest BCUT2D eigenvalue weighted by atomic mass is 16.2. The molecule has 2 aliphatic rings. The maximum absolute atomic E-state index is 11.9. The molecule has 30 heavy (non-hydrogen) atoms. The number of guanidine groups is 1. The molecule has 8 heteroatoms. The third-order valence-electron chi connectivity index (χ3n) is 6.03. The zero-order valence-electron chi connectivity index (χ0n) is 17.9. The van der Waals surface area contributed by atoms with Crippen molar-refractivity contribution in [2.45, 2.75) is 64.6 Å². The van der Waals surface area contributed by atoms with E-state index in [4.69, 9.17) is 4.99 Å². The van der Waals surface area contributed by atoms with Gasteiger partial charge < -0.3 is 20.1 Å². The topological polar surface area (TPSA) is 87.4 Å². The average Bonchev–Trinajstić information content (AvgIpc) is 3.49. The van der Waals surface area contributed by atoms with Crippen molar-refractivity contribution in [2.75, 3.05) is 11.4 Å². The average molecular weight is 410 g/mol. The number of carbonyl (C=O) groups is 1. The second kappa shape index (κ2) is 9.28. The van der Waals surface area contributed by atoms with Gasteiger partial charge in [-0.25, -0.2) is 4.99 Å². The number of rotatable bonds is 6. The number of benzene rings is 1. The molecule has 1 saturated carbocycles. The minimum Gasteiger partial charge on any atom is -0.354 e. The summed E-state index contributed by atoms with van der Waals surface area (Å²) >= 11 is 0. The van der Waals surface area contributed by atoms with Crippen molar-refractivity contribution in [1.29, 1.82) is 0 Å². The molecular weight excluding hydrogens is 378 g/mol. The Balaban J connectivity index is 1.41. The number of nitrogens with zero attached hydrogens (tertiary/aromatic N) is 5. The van der Waals surface area contributed by atoms with Crippen LogP contribution in [0.1, 0.15) is 55.7 Å². The van der Waals surface area contributed by atoms with Gasteiger partial charge in [0.25, 0.3) is 0 Å². The smallest absolute Gasteiger partial charge is 0.227 e. The third-order valence-corrected chi connectivity index (χ3v) is 6.03. The van der Waals surface area contributed by atoms with Gasteiger partial charge in [-0.1, -0.05) is 25.0 Å². The summed E-state index contributed by atoms with van der Waals surface area (Å²) in [6, 6.07) is 8.64. The molecule has 0 spiro atoms. The lowest BCUT2D eigenvalue weighted by molar-refractivity contribution is -0.117. The van der Waals surface area contributed by atoms with Gasteiger partial charge in [0, 0.05) is 31.7 Å². The van der Waals surface area contributed by atoms with Crippen molar-refractivity contribution < 1.29 is 4.79 Å². The van der Waals surface area contributed by atoms with Crippen LogP contribution in [0.3, 0.4) is 0 Å². The molecule has 1 aromatic heterocycles. The van der Waals surface area contributed by atoms with E-state index in [0.29, 0.717) is 25.6 Å². The minimum absolute atomic E-state index is 0.215. The van der Waals surface area contributed by atoms with Crippen LogP contribution in [0.25, 0.3) is 0 Å². The van der Waals surface area contributed by atoms with Crippen molar-refractivity contribution in [3.8, 4) is 0 Å². The normalized spacial score (nSPS) is 17.7. The summed E-state index contributed by atoms with van der Waals surface area (Å²) in [5.74, 6) is 2.80. The van der Waals surface area contributed by atoms with Crippen LogP contribution in [0.15, 0.2) is 29.3 Å². The van der Waals surface area contributed by atoms with Crippen molar-refractivity contribution in [1.82, 2.24) is 25.4 Å². The van der Waals surface area contributed by atoms with E-state index in [-0.39, 0.29) is 5.91 Å². The van der Waals surface area contributed by atoms with Gasteiger partial charge in [0.1, 0.15) is 5.82 Å². The van der Waals surface area contributed by atoms with E-state index in [1.165, 1.54) is 25.7 Å². The molecule has 0 atom stereocenters. The lowest BCUT2D eigenvalue weighted by atomic mass is 10.2. The van der Waals surface area contributed by atoms with E-state index in [1.807, 2.05) is 35.6 Å². The molecule has 2 fully saturated rings. The molecule has 1 saturated heterocycles. The maximum Gasteiger partial charge on any atom is 0.227 e. The number of aromatic nitrogens is 3. The van der Waals surface area contributed by atoms with Gasteiger partial charge in [-0.3, -0.25) is 4.79 Å². The van der Waals surface area contributed by atoms with Crippen molar-refractivity contribution in [3.05, 3.63) is 41.5 Å². The molecule has 2 heterocycles. The lowest BCUT2D eigenvalue weighted by Crippen LogP contribution is -2.42. The van der Waals surface area contributed by atoms with Crippen LogP contribution in [0.4, 0.5) is 5.69 Å². The van der Waals surface area contributed by atoms with E-state index in [1.54, 1.807) is 0 Å². The maximum atomic E-state index is 11.9. The fraction of sp³-hybridized carbons (Fsp3) is 0.545. The van der Waals surface area contributed by atoms with Crippen LogP contribution in [-0.4, -0.2) is 39.2 Å². The summed E-state index contributed by atoms with van der Waals surface area (Å²) in [6.45, 7) is 3.92. The lowest BCUT2D eigenvalue weighted by Gasteiger charge is -2.18. The van der Waals surface area contributed by atoms with Gasteiger partial charge in [-0.05, 0) is 43.9 Å². The van der Waals surface area contributed by atoms with E-state index in [0.717, 1.165) is 41.8 Å². The number of aliphatic imine (C=N–C) groups is 1. The summed E-state index contributed by atoms with van der Waals surface area (Å²) < 4.78 is 1.98. The number of hydrogen-bond acceptors (Lipinski definition) is 4. The van der Waals surface area contributed by atoms with Gasteiger partial charge in [0.15, 0.2) is 11.8 Å². The van der Waals surface area contributed by atoms with Gasteiger partial charge in [0.2, 0.25) is 5.91 Å². The molecule has 0 radical (unpaired) electrons. The zero-order chi connectivity index (χ0) is 20.9. The molecule has 1 aromatic carbocycles. The summed E-state index contributed by atoms with van der Waals surface area (Å²) in [6.07, 6.45) is 6.50. The number of aryl methyl sites for hydroxylation is 1. The van der Waals surface area contributed by atoms with E-state index in [9.17, 15) is 4.79 Å².